The SMILES string of the molecule is CCC1COCCN1c1nc(CNCC(C)C)cs1. The third kappa shape index (κ3) is 4.16. The number of thiazole rings is 1. The Labute approximate surface area is 120 Å². The fourth-order valence-corrected chi connectivity index (χ4v) is 3.17. The van der Waals surface area contributed by atoms with Crippen molar-refractivity contribution >= 4 is 16.5 Å². The maximum atomic E-state index is 5.55. The molecule has 1 N–H and O–H groups in total. The minimum absolute atomic E-state index is 0.483. The van der Waals surface area contributed by atoms with E-state index in [1.165, 1.54) is 0 Å². The van der Waals surface area contributed by atoms with Gasteiger partial charge in [-0.2, -0.15) is 0 Å². The summed E-state index contributed by atoms with van der Waals surface area (Å²) in [5, 5.41) is 6.76. The van der Waals surface area contributed by atoms with E-state index in [2.05, 4.69) is 36.4 Å². The van der Waals surface area contributed by atoms with Crippen molar-refractivity contribution in [2.75, 3.05) is 31.2 Å². The van der Waals surface area contributed by atoms with Crippen molar-refractivity contribution in [3.05, 3.63) is 11.1 Å². The summed E-state index contributed by atoms with van der Waals surface area (Å²) in [5.41, 5.74) is 1.15. The molecular weight excluding hydrogens is 258 g/mol. The first-order valence-electron chi connectivity index (χ1n) is 7.20. The highest BCUT2D eigenvalue weighted by atomic mass is 32.1. The summed E-state index contributed by atoms with van der Waals surface area (Å²) in [4.78, 5) is 7.16. The van der Waals surface area contributed by atoms with Crippen LogP contribution >= 0.6 is 11.3 Å². The molecule has 0 spiro atoms. The lowest BCUT2D eigenvalue weighted by atomic mass is 10.2. The van der Waals surface area contributed by atoms with Crippen LogP contribution in [0.2, 0.25) is 0 Å². The molecule has 1 atom stereocenters. The number of hydrogen-bond acceptors (Lipinski definition) is 5. The summed E-state index contributed by atoms with van der Waals surface area (Å²) in [6.45, 7) is 11.2. The van der Waals surface area contributed by atoms with Crippen molar-refractivity contribution in [3.8, 4) is 0 Å². The van der Waals surface area contributed by atoms with Crippen molar-refractivity contribution in [2.24, 2.45) is 5.92 Å². The van der Waals surface area contributed by atoms with Gasteiger partial charge in [0.2, 0.25) is 0 Å². The fourth-order valence-electron chi connectivity index (χ4n) is 2.24. The maximum Gasteiger partial charge on any atom is 0.185 e. The van der Waals surface area contributed by atoms with E-state index in [0.29, 0.717) is 12.0 Å². The van der Waals surface area contributed by atoms with Gasteiger partial charge in [0, 0.05) is 18.5 Å². The van der Waals surface area contributed by atoms with E-state index in [0.717, 1.165) is 50.1 Å². The van der Waals surface area contributed by atoms with E-state index in [1.54, 1.807) is 11.3 Å². The molecule has 108 valence electrons. The zero-order chi connectivity index (χ0) is 13.7. The normalized spacial score (nSPS) is 20.2. The number of hydrogen-bond donors (Lipinski definition) is 1. The van der Waals surface area contributed by atoms with Gasteiger partial charge in [0.25, 0.3) is 0 Å². The van der Waals surface area contributed by atoms with Crippen LogP contribution in [-0.2, 0) is 11.3 Å². The summed E-state index contributed by atoms with van der Waals surface area (Å²) in [5.74, 6) is 0.682. The summed E-state index contributed by atoms with van der Waals surface area (Å²) >= 11 is 1.75. The van der Waals surface area contributed by atoms with E-state index in [1.807, 2.05) is 0 Å². The molecule has 1 aromatic rings. The molecule has 1 unspecified atom stereocenters. The number of anilines is 1. The van der Waals surface area contributed by atoms with E-state index in [-0.39, 0.29) is 0 Å². The minimum atomic E-state index is 0.483. The Hall–Kier alpha value is -0.650. The minimum Gasteiger partial charge on any atom is -0.377 e. The number of rotatable bonds is 6. The van der Waals surface area contributed by atoms with Crippen molar-refractivity contribution < 1.29 is 4.74 Å². The topological polar surface area (TPSA) is 37.4 Å². The molecule has 1 aliphatic heterocycles. The predicted molar refractivity (Wildman–Crippen MR) is 80.9 cm³/mol. The van der Waals surface area contributed by atoms with E-state index in [9.17, 15) is 0 Å². The van der Waals surface area contributed by atoms with Crippen LogP contribution in [-0.4, -0.2) is 37.3 Å². The van der Waals surface area contributed by atoms with Crippen LogP contribution < -0.4 is 10.2 Å². The number of aromatic nitrogens is 1. The van der Waals surface area contributed by atoms with Gasteiger partial charge in [-0.25, -0.2) is 4.98 Å². The fraction of sp³-hybridized carbons (Fsp3) is 0.786. The van der Waals surface area contributed by atoms with Gasteiger partial charge < -0.3 is 15.0 Å². The molecule has 2 rings (SSSR count). The van der Waals surface area contributed by atoms with Crippen LogP contribution in [0, 0.1) is 5.92 Å². The average Bonchev–Trinajstić information content (AvgIpc) is 2.87. The number of ether oxygens (including phenoxy) is 1. The van der Waals surface area contributed by atoms with Gasteiger partial charge >= 0.3 is 0 Å². The molecule has 19 heavy (non-hydrogen) atoms. The predicted octanol–water partition coefficient (Wildman–Crippen LogP) is 2.50. The number of nitrogens with zero attached hydrogens (tertiary/aromatic N) is 2. The molecule has 0 amide bonds. The van der Waals surface area contributed by atoms with Gasteiger partial charge in [0.05, 0.1) is 24.9 Å². The molecule has 1 saturated heterocycles. The van der Waals surface area contributed by atoms with Crippen LogP contribution in [0.3, 0.4) is 0 Å². The molecule has 5 heteroatoms. The number of morpholine rings is 1. The average molecular weight is 283 g/mol. The molecule has 1 aromatic heterocycles. The summed E-state index contributed by atoms with van der Waals surface area (Å²) in [7, 11) is 0. The van der Waals surface area contributed by atoms with Gasteiger partial charge in [-0.1, -0.05) is 20.8 Å². The highest BCUT2D eigenvalue weighted by molar-refractivity contribution is 7.13. The lowest BCUT2D eigenvalue weighted by Gasteiger charge is -2.34. The Morgan fingerprint density at radius 2 is 2.42 bits per heavy atom. The molecule has 0 aliphatic carbocycles. The molecule has 1 aliphatic rings. The Morgan fingerprint density at radius 1 is 1.58 bits per heavy atom. The van der Waals surface area contributed by atoms with Crippen molar-refractivity contribution in [1.29, 1.82) is 0 Å². The highest BCUT2D eigenvalue weighted by Crippen LogP contribution is 2.25. The first kappa shape index (κ1) is 14.8. The smallest absolute Gasteiger partial charge is 0.185 e. The summed E-state index contributed by atoms with van der Waals surface area (Å²) < 4.78 is 5.55. The van der Waals surface area contributed by atoms with Crippen LogP contribution in [0.1, 0.15) is 32.9 Å². The molecular formula is C14H25N3OS. The van der Waals surface area contributed by atoms with Gasteiger partial charge in [-0.05, 0) is 18.9 Å². The first-order chi connectivity index (χ1) is 9.20. The molecule has 1 fully saturated rings. The van der Waals surface area contributed by atoms with Crippen molar-refractivity contribution in [3.63, 3.8) is 0 Å². The second-order valence-corrected chi connectivity index (χ2v) is 6.31. The summed E-state index contributed by atoms with van der Waals surface area (Å²) in [6.07, 6.45) is 1.11. The van der Waals surface area contributed by atoms with E-state index in [4.69, 9.17) is 9.72 Å². The second kappa shape index (κ2) is 7.22. The molecule has 2 heterocycles. The highest BCUT2D eigenvalue weighted by Gasteiger charge is 2.23. The maximum absolute atomic E-state index is 5.55. The molecule has 0 radical (unpaired) electrons. The molecule has 0 aromatic carbocycles. The second-order valence-electron chi connectivity index (χ2n) is 5.48. The molecule has 4 nitrogen and oxygen atoms in total. The van der Waals surface area contributed by atoms with E-state index >= 15 is 0 Å². The Kier molecular flexibility index (Phi) is 5.60. The van der Waals surface area contributed by atoms with Gasteiger partial charge in [-0.3, -0.25) is 0 Å². The van der Waals surface area contributed by atoms with E-state index < -0.39 is 0 Å². The van der Waals surface area contributed by atoms with Gasteiger partial charge in [0.15, 0.2) is 5.13 Å². The third-order valence-corrected chi connectivity index (χ3v) is 4.27. The van der Waals surface area contributed by atoms with Crippen LogP contribution in [0.15, 0.2) is 5.38 Å². The Balaban J connectivity index is 1.91. The number of nitrogens with one attached hydrogen (secondary N) is 1. The van der Waals surface area contributed by atoms with Crippen molar-refractivity contribution in [2.45, 2.75) is 39.8 Å². The van der Waals surface area contributed by atoms with Crippen LogP contribution in [0.25, 0.3) is 0 Å². The molecule has 0 bridgehead atoms. The lowest BCUT2D eigenvalue weighted by molar-refractivity contribution is 0.0929. The monoisotopic (exact) mass is 283 g/mol. The quantitative estimate of drug-likeness (QED) is 0.870. The third-order valence-electron chi connectivity index (χ3n) is 3.34. The zero-order valence-corrected chi connectivity index (χ0v) is 13.0. The lowest BCUT2D eigenvalue weighted by Crippen LogP contribution is -2.45. The van der Waals surface area contributed by atoms with Crippen LogP contribution in [0.4, 0.5) is 5.13 Å². The summed E-state index contributed by atoms with van der Waals surface area (Å²) in [6, 6.07) is 0.483. The standard InChI is InChI=1S/C14H25N3OS/c1-4-13-9-18-6-5-17(13)14-16-12(10-19-14)8-15-7-11(2)3/h10-11,13,15H,4-9H2,1-3H3. The Morgan fingerprint density at radius 3 is 3.16 bits per heavy atom. The first-order valence-corrected chi connectivity index (χ1v) is 8.08. The van der Waals surface area contributed by atoms with Gasteiger partial charge in [0.1, 0.15) is 0 Å². The Bertz CT molecular complexity index is 381. The molecule has 0 saturated carbocycles. The van der Waals surface area contributed by atoms with Crippen molar-refractivity contribution in [1.82, 2.24) is 10.3 Å². The van der Waals surface area contributed by atoms with Gasteiger partial charge in [-0.15, -0.1) is 11.3 Å². The van der Waals surface area contributed by atoms with Crippen LogP contribution in [0.5, 0.6) is 0 Å². The largest absolute Gasteiger partial charge is 0.377 e. The zero-order valence-electron chi connectivity index (χ0n) is 12.2.